The summed E-state index contributed by atoms with van der Waals surface area (Å²) in [6.45, 7) is 0.311. The van der Waals surface area contributed by atoms with Crippen molar-refractivity contribution in [2.45, 2.75) is 12.0 Å². The number of pyridine rings is 1. The van der Waals surface area contributed by atoms with E-state index < -0.39 is 6.10 Å². The molecular weight excluding hydrogens is 216 g/mol. The minimum Gasteiger partial charge on any atom is -0.384 e. The number of aliphatic hydroxyl groups excluding tert-OH is 1. The molecule has 0 aliphatic carbocycles. The lowest BCUT2D eigenvalue weighted by molar-refractivity contribution is 0.137. The second-order valence-corrected chi connectivity index (χ2v) is 3.68. The molecule has 0 spiro atoms. The molecule has 0 radical (unpaired) electrons. The summed E-state index contributed by atoms with van der Waals surface area (Å²) in [5.74, 6) is 0.137. The van der Waals surface area contributed by atoms with Crippen molar-refractivity contribution in [1.29, 1.82) is 0 Å². The molecule has 0 aliphatic heterocycles. The Labute approximate surface area is 99.4 Å². The first-order chi connectivity index (χ1) is 8.33. The fourth-order valence-corrected chi connectivity index (χ4v) is 1.69. The predicted molar refractivity (Wildman–Crippen MR) is 63.0 cm³/mol. The molecule has 2 aromatic heterocycles. The Hall–Kier alpha value is -1.85. The number of nitrogens with two attached hydrogens (primary N) is 1. The monoisotopic (exact) mass is 230 g/mol. The van der Waals surface area contributed by atoms with Gasteiger partial charge in [0, 0.05) is 37.3 Å². The van der Waals surface area contributed by atoms with Gasteiger partial charge in [0.1, 0.15) is 6.10 Å². The second kappa shape index (κ2) is 5.47. The fraction of sp³-hybridized carbons (Fsp3) is 0.250. The molecule has 0 fully saturated rings. The summed E-state index contributed by atoms with van der Waals surface area (Å²) in [6, 6.07) is 5.41. The summed E-state index contributed by atoms with van der Waals surface area (Å²) in [5, 5.41) is 10.2. The van der Waals surface area contributed by atoms with E-state index in [0.717, 1.165) is 5.56 Å². The maximum Gasteiger partial charge on any atom is 0.157 e. The van der Waals surface area contributed by atoms with Crippen molar-refractivity contribution < 1.29 is 5.11 Å². The van der Waals surface area contributed by atoms with Crippen LogP contribution in [-0.2, 0) is 0 Å². The quantitative estimate of drug-likeness (QED) is 0.805. The minimum atomic E-state index is -0.814. The number of aromatic nitrogens is 3. The van der Waals surface area contributed by atoms with Gasteiger partial charge in [-0.25, -0.2) is 9.97 Å². The Kier molecular flexibility index (Phi) is 3.74. The SMILES string of the molecule is NCC(c1cccnc1)C(O)c1ncccn1. The Bertz CT molecular complexity index is 449. The van der Waals surface area contributed by atoms with Gasteiger partial charge in [0.05, 0.1) is 0 Å². The van der Waals surface area contributed by atoms with Crippen LogP contribution in [0, 0.1) is 0 Å². The summed E-state index contributed by atoms with van der Waals surface area (Å²) in [7, 11) is 0. The van der Waals surface area contributed by atoms with E-state index >= 15 is 0 Å². The van der Waals surface area contributed by atoms with E-state index in [1.165, 1.54) is 0 Å². The zero-order valence-electron chi connectivity index (χ0n) is 9.27. The van der Waals surface area contributed by atoms with Crippen LogP contribution in [-0.4, -0.2) is 26.6 Å². The topological polar surface area (TPSA) is 84.9 Å². The maximum atomic E-state index is 10.2. The first-order valence-corrected chi connectivity index (χ1v) is 5.38. The third kappa shape index (κ3) is 2.64. The standard InChI is InChI=1S/C12H14N4O/c13-7-10(9-3-1-4-14-8-9)11(17)12-15-5-2-6-16-12/h1-6,8,10-11,17H,7,13H2. The maximum absolute atomic E-state index is 10.2. The smallest absolute Gasteiger partial charge is 0.157 e. The van der Waals surface area contributed by atoms with Crippen molar-refractivity contribution in [1.82, 2.24) is 15.0 Å². The molecule has 0 saturated carbocycles. The lowest BCUT2D eigenvalue weighted by Gasteiger charge is -2.20. The largest absolute Gasteiger partial charge is 0.384 e. The van der Waals surface area contributed by atoms with Gasteiger partial charge in [-0.3, -0.25) is 4.98 Å². The normalized spacial score (nSPS) is 14.2. The summed E-state index contributed by atoms with van der Waals surface area (Å²) in [5.41, 5.74) is 6.58. The van der Waals surface area contributed by atoms with E-state index in [2.05, 4.69) is 15.0 Å². The van der Waals surface area contributed by atoms with Crippen molar-refractivity contribution >= 4 is 0 Å². The molecule has 2 rings (SSSR count). The van der Waals surface area contributed by atoms with Crippen LogP contribution in [0.5, 0.6) is 0 Å². The van der Waals surface area contributed by atoms with E-state index in [1.54, 1.807) is 30.9 Å². The average molecular weight is 230 g/mol. The Morgan fingerprint density at radius 1 is 1.18 bits per heavy atom. The minimum absolute atomic E-state index is 0.244. The molecule has 2 aromatic rings. The van der Waals surface area contributed by atoms with Crippen molar-refractivity contribution in [3.05, 3.63) is 54.4 Å². The van der Waals surface area contributed by atoms with Gasteiger partial charge in [-0.1, -0.05) is 6.07 Å². The molecule has 0 aromatic carbocycles. The van der Waals surface area contributed by atoms with Gasteiger partial charge < -0.3 is 10.8 Å². The van der Waals surface area contributed by atoms with Crippen molar-refractivity contribution in [3.63, 3.8) is 0 Å². The van der Waals surface area contributed by atoms with E-state index in [0.29, 0.717) is 12.4 Å². The summed E-state index contributed by atoms with van der Waals surface area (Å²) < 4.78 is 0. The third-order valence-electron chi connectivity index (χ3n) is 2.60. The molecule has 2 unspecified atom stereocenters. The van der Waals surface area contributed by atoms with E-state index in [1.807, 2.05) is 12.1 Å². The highest BCUT2D eigenvalue weighted by Crippen LogP contribution is 2.27. The molecule has 0 aliphatic rings. The van der Waals surface area contributed by atoms with E-state index in [4.69, 9.17) is 5.73 Å². The van der Waals surface area contributed by atoms with Crippen molar-refractivity contribution in [2.24, 2.45) is 5.73 Å². The van der Waals surface area contributed by atoms with Crippen LogP contribution in [0.2, 0.25) is 0 Å². The fourth-order valence-electron chi connectivity index (χ4n) is 1.69. The zero-order valence-corrected chi connectivity index (χ0v) is 9.27. The van der Waals surface area contributed by atoms with E-state index in [-0.39, 0.29) is 5.92 Å². The highest BCUT2D eigenvalue weighted by atomic mass is 16.3. The van der Waals surface area contributed by atoms with E-state index in [9.17, 15) is 5.11 Å². The number of hydrogen-bond donors (Lipinski definition) is 2. The highest BCUT2D eigenvalue weighted by Gasteiger charge is 2.23. The van der Waals surface area contributed by atoms with Gasteiger partial charge in [-0.15, -0.1) is 0 Å². The van der Waals surface area contributed by atoms with Crippen LogP contribution in [0.3, 0.4) is 0 Å². The lowest BCUT2D eigenvalue weighted by Crippen LogP contribution is -2.21. The lowest BCUT2D eigenvalue weighted by atomic mass is 9.94. The molecule has 0 amide bonds. The second-order valence-electron chi connectivity index (χ2n) is 3.68. The summed E-state index contributed by atoms with van der Waals surface area (Å²) in [4.78, 5) is 12.1. The molecule has 5 heteroatoms. The molecule has 17 heavy (non-hydrogen) atoms. The third-order valence-corrected chi connectivity index (χ3v) is 2.60. The summed E-state index contributed by atoms with van der Waals surface area (Å²) in [6.07, 6.45) is 5.77. The van der Waals surface area contributed by atoms with Crippen molar-refractivity contribution in [2.75, 3.05) is 6.54 Å². The number of aliphatic hydroxyl groups is 1. The summed E-state index contributed by atoms with van der Waals surface area (Å²) >= 11 is 0. The van der Waals surface area contributed by atoms with Gasteiger partial charge in [-0.05, 0) is 17.7 Å². The van der Waals surface area contributed by atoms with Crippen LogP contribution in [0.15, 0.2) is 43.0 Å². The van der Waals surface area contributed by atoms with Gasteiger partial charge in [-0.2, -0.15) is 0 Å². The van der Waals surface area contributed by atoms with Crippen LogP contribution in [0.25, 0.3) is 0 Å². The molecule has 2 heterocycles. The van der Waals surface area contributed by atoms with Crippen LogP contribution in [0.1, 0.15) is 23.4 Å². The Morgan fingerprint density at radius 2 is 1.94 bits per heavy atom. The molecule has 2 atom stereocenters. The Balaban J connectivity index is 2.25. The van der Waals surface area contributed by atoms with Gasteiger partial charge in [0.15, 0.2) is 5.82 Å². The number of nitrogens with zero attached hydrogens (tertiary/aromatic N) is 3. The molecule has 0 saturated heterocycles. The Morgan fingerprint density at radius 3 is 2.53 bits per heavy atom. The first-order valence-electron chi connectivity index (χ1n) is 5.38. The van der Waals surface area contributed by atoms with Crippen LogP contribution >= 0.6 is 0 Å². The first kappa shape index (κ1) is 11.6. The van der Waals surface area contributed by atoms with Crippen LogP contribution < -0.4 is 5.73 Å². The van der Waals surface area contributed by atoms with Gasteiger partial charge >= 0.3 is 0 Å². The van der Waals surface area contributed by atoms with Gasteiger partial charge in [0.25, 0.3) is 0 Å². The highest BCUT2D eigenvalue weighted by molar-refractivity contribution is 5.18. The molecular formula is C12H14N4O. The predicted octanol–water partition coefficient (Wildman–Crippen LogP) is 0.647. The zero-order chi connectivity index (χ0) is 12.1. The van der Waals surface area contributed by atoms with Crippen LogP contribution in [0.4, 0.5) is 0 Å². The molecule has 0 bridgehead atoms. The number of hydrogen-bond acceptors (Lipinski definition) is 5. The van der Waals surface area contributed by atoms with Gasteiger partial charge in [0.2, 0.25) is 0 Å². The number of rotatable bonds is 4. The molecule has 3 N–H and O–H groups in total. The van der Waals surface area contributed by atoms with Crippen molar-refractivity contribution in [3.8, 4) is 0 Å². The molecule has 5 nitrogen and oxygen atoms in total. The molecule has 88 valence electrons. The average Bonchev–Trinajstić information content (AvgIpc) is 2.42.